The molecule has 122 valence electrons. The Morgan fingerprint density at radius 2 is 2.12 bits per heavy atom. The van der Waals surface area contributed by atoms with Gasteiger partial charge in [0.05, 0.1) is 11.0 Å². The average Bonchev–Trinajstić information content (AvgIpc) is 3.26. The van der Waals surface area contributed by atoms with Gasteiger partial charge in [0, 0.05) is 25.1 Å². The van der Waals surface area contributed by atoms with Crippen LogP contribution in [0.5, 0.6) is 0 Å². The number of hydrogen-bond donors (Lipinski definition) is 1. The lowest BCUT2D eigenvalue weighted by Crippen LogP contribution is -2.06. The molecule has 0 saturated carbocycles. The van der Waals surface area contributed by atoms with E-state index in [1.54, 1.807) is 4.52 Å². The Balaban J connectivity index is 1.50. The number of benzene rings is 1. The zero-order chi connectivity index (χ0) is 16.5. The number of nitrogens with one attached hydrogen (secondary N) is 1. The number of para-hydroxylation sites is 2. The second-order valence-electron chi connectivity index (χ2n) is 5.27. The first-order chi connectivity index (χ1) is 11.7. The van der Waals surface area contributed by atoms with Gasteiger partial charge in [-0.25, -0.2) is 4.98 Å². The third-order valence-corrected chi connectivity index (χ3v) is 4.78. The summed E-state index contributed by atoms with van der Waals surface area (Å²) in [6, 6.07) is 7.57. The molecule has 1 N–H and O–H groups in total. The van der Waals surface area contributed by atoms with Crippen molar-refractivity contribution in [2.45, 2.75) is 19.3 Å². The number of nitrogens with zero attached hydrogens (tertiary/aromatic N) is 5. The highest BCUT2D eigenvalue weighted by atomic mass is 35.5. The van der Waals surface area contributed by atoms with Gasteiger partial charge < -0.3 is 4.98 Å². The molecule has 4 rings (SSSR count). The van der Waals surface area contributed by atoms with Crippen molar-refractivity contribution in [2.24, 2.45) is 0 Å². The fraction of sp³-hybridized carbons (Fsp3) is 0.267. The zero-order valence-corrected chi connectivity index (χ0v) is 14.1. The molecule has 3 aromatic heterocycles. The number of rotatable bonds is 6. The van der Waals surface area contributed by atoms with Crippen molar-refractivity contribution < 1.29 is 4.79 Å². The van der Waals surface area contributed by atoms with Crippen LogP contribution >= 0.6 is 22.9 Å². The van der Waals surface area contributed by atoms with Gasteiger partial charge in [-0.2, -0.15) is 9.61 Å². The van der Waals surface area contributed by atoms with E-state index >= 15 is 0 Å². The van der Waals surface area contributed by atoms with Gasteiger partial charge >= 0.3 is 0 Å². The number of carbonyl (C=O) groups excluding carboxylic acids is 1. The van der Waals surface area contributed by atoms with E-state index in [1.165, 1.54) is 11.3 Å². The van der Waals surface area contributed by atoms with Gasteiger partial charge in [0.2, 0.25) is 4.96 Å². The SMILES string of the molecule is O=C(CCc1nnc2sc(CCCl)nn12)c1nc2ccccc2[nH]1. The Morgan fingerprint density at radius 1 is 1.25 bits per heavy atom. The molecule has 1 aromatic carbocycles. The van der Waals surface area contributed by atoms with E-state index in [1.807, 2.05) is 24.3 Å². The minimum atomic E-state index is -0.0563. The Bertz CT molecular complexity index is 986. The number of aryl methyl sites for hydroxylation is 2. The highest BCUT2D eigenvalue weighted by Gasteiger charge is 2.15. The second kappa shape index (κ2) is 6.29. The van der Waals surface area contributed by atoms with Gasteiger partial charge in [0.25, 0.3) is 0 Å². The van der Waals surface area contributed by atoms with Crippen LogP contribution in [0.1, 0.15) is 27.9 Å². The Kier molecular flexibility index (Phi) is 3.99. The molecule has 4 aromatic rings. The summed E-state index contributed by atoms with van der Waals surface area (Å²) >= 11 is 7.21. The topological polar surface area (TPSA) is 88.8 Å². The van der Waals surface area contributed by atoms with Crippen molar-refractivity contribution in [1.82, 2.24) is 29.8 Å². The quantitative estimate of drug-likeness (QED) is 0.422. The van der Waals surface area contributed by atoms with Crippen LogP contribution in [0, 0.1) is 0 Å². The van der Waals surface area contributed by atoms with Crippen molar-refractivity contribution in [3.63, 3.8) is 0 Å². The summed E-state index contributed by atoms with van der Waals surface area (Å²) in [4.78, 5) is 20.5. The molecule has 0 amide bonds. The molecular formula is C15H13ClN6OS. The van der Waals surface area contributed by atoms with Gasteiger partial charge in [-0.1, -0.05) is 23.5 Å². The molecule has 0 saturated heterocycles. The normalized spacial score (nSPS) is 11.5. The number of carbonyl (C=O) groups is 1. The maximum Gasteiger partial charge on any atom is 0.234 e. The number of Topliss-reactive ketones (excluding diaryl/α,β-unsaturated/α-hetero) is 1. The Morgan fingerprint density at radius 3 is 2.96 bits per heavy atom. The van der Waals surface area contributed by atoms with Crippen molar-refractivity contribution in [1.29, 1.82) is 0 Å². The van der Waals surface area contributed by atoms with Crippen LogP contribution in [0.2, 0.25) is 0 Å². The summed E-state index contributed by atoms with van der Waals surface area (Å²) in [6.07, 6.45) is 1.46. The zero-order valence-electron chi connectivity index (χ0n) is 12.6. The van der Waals surface area contributed by atoms with Gasteiger partial charge in [0.15, 0.2) is 17.4 Å². The minimum Gasteiger partial charge on any atom is -0.335 e. The number of hydrogen-bond acceptors (Lipinski definition) is 6. The lowest BCUT2D eigenvalue weighted by Gasteiger charge is -1.96. The average molecular weight is 361 g/mol. The number of H-pyrrole nitrogens is 1. The number of fused-ring (bicyclic) bond motifs is 2. The highest BCUT2D eigenvalue weighted by Crippen LogP contribution is 2.16. The molecule has 0 aliphatic rings. The van der Waals surface area contributed by atoms with Crippen LogP contribution in [0.4, 0.5) is 0 Å². The molecule has 3 heterocycles. The van der Waals surface area contributed by atoms with Crippen molar-refractivity contribution in [3.8, 4) is 0 Å². The van der Waals surface area contributed by atoms with E-state index in [2.05, 4.69) is 25.3 Å². The molecule has 0 aliphatic heterocycles. The molecule has 0 aliphatic carbocycles. The molecule has 0 atom stereocenters. The van der Waals surface area contributed by atoms with Gasteiger partial charge in [-0.05, 0) is 12.1 Å². The summed E-state index contributed by atoms with van der Waals surface area (Å²) in [6.45, 7) is 0. The van der Waals surface area contributed by atoms with E-state index in [4.69, 9.17) is 11.6 Å². The first-order valence-corrected chi connectivity index (χ1v) is 8.83. The fourth-order valence-electron chi connectivity index (χ4n) is 2.46. The summed E-state index contributed by atoms with van der Waals surface area (Å²) < 4.78 is 1.69. The molecule has 0 spiro atoms. The third-order valence-electron chi connectivity index (χ3n) is 3.63. The van der Waals surface area contributed by atoms with Gasteiger partial charge in [0.1, 0.15) is 5.01 Å². The standard InChI is InChI=1S/C15H13ClN6OS/c16-8-7-13-21-22-12(19-20-15(22)24-13)6-5-11(23)14-17-9-3-1-2-4-10(9)18-14/h1-4H,5-8H2,(H,17,18). The molecule has 0 fully saturated rings. The number of ketones is 1. The number of imidazole rings is 1. The maximum atomic E-state index is 12.4. The summed E-state index contributed by atoms with van der Waals surface area (Å²) in [5.41, 5.74) is 1.65. The Labute approximate surface area is 145 Å². The largest absolute Gasteiger partial charge is 0.335 e. The van der Waals surface area contributed by atoms with Crippen LogP contribution in [-0.4, -0.2) is 41.4 Å². The summed E-state index contributed by atoms with van der Waals surface area (Å²) in [5.74, 6) is 1.51. The lowest BCUT2D eigenvalue weighted by molar-refractivity contribution is 0.0973. The number of aromatic nitrogens is 6. The number of aromatic amines is 1. The van der Waals surface area contributed by atoms with Crippen LogP contribution in [0.25, 0.3) is 16.0 Å². The third kappa shape index (κ3) is 2.78. The monoisotopic (exact) mass is 360 g/mol. The molecular weight excluding hydrogens is 348 g/mol. The minimum absolute atomic E-state index is 0.0563. The summed E-state index contributed by atoms with van der Waals surface area (Å²) in [5, 5.41) is 13.6. The van der Waals surface area contributed by atoms with E-state index in [0.717, 1.165) is 21.0 Å². The highest BCUT2D eigenvalue weighted by molar-refractivity contribution is 7.16. The van der Waals surface area contributed by atoms with E-state index in [-0.39, 0.29) is 5.78 Å². The van der Waals surface area contributed by atoms with Crippen molar-refractivity contribution in [3.05, 3.63) is 40.9 Å². The van der Waals surface area contributed by atoms with Crippen LogP contribution in [0.3, 0.4) is 0 Å². The molecule has 24 heavy (non-hydrogen) atoms. The van der Waals surface area contributed by atoms with Crippen molar-refractivity contribution in [2.75, 3.05) is 5.88 Å². The predicted molar refractivity (Wildman–Crippen MR) is 91.8 cm³/mol. The lowest BCUT2D eigenvalue weighted by atomic mass is 10.2. The number of halogens is 1. The Hall–Kier alpha value is -2.32. The fourth-order valence-corrected chi connectivity index (χ4v) is 3.61. The first kappa shape index (κ1) is 15.2. The first-order valence-electron chi connectivity index (χ1n) is 7.48. The maximum absolute atomic E-state index is 12.4. The van der Waals surface area contributed by atoms with Crippen LogP contribution < -0.4 is 0 Å². The van der Waals surface area contributed by atoms with Crippen LogP contribution in [0.15, 0.2) is 24.3 Å². The van der Waals surface area contributed by atoms with E-state index in [0.29, 0.717) is 36.8 Å². The van der Waals surface area contributed by atoms with Gasteiger partial charge in [-0.15, -0.1) is 21.8 Å². The summed E-state index contributed by atoms with van der Waals surface area (Å²) in [7, 11) is 0. The van der Waals surface area contributed by atoms with E-state index < -0.39 is 0 Å². The second-order valence-corrected chi connectivity index (χ2v) is 6.69. The molecule has 7 nitrogen and oxygen atoms in total. The van der Waals surface area contributed by atoms with Crippen molar-refractivity contribution >= 4 is 44.7 Å². The predicted octanol–water partition coefficient (Wildman–Crippen LogP) is 2.66. The molecule has 0 bridgehead atoms. The molecule has 0 radical (unpaired) electrons. The van der Waals surface area contributed by atoms with Crippen LogP contribution in [-0.2, 0) is 12.8 Å². The smallest absolute Gasteiger partial charge is 0.234 e. The van der Waals surface area contributed by atoms with Gasteiger partial charge in [-0.3, -0.25) is 4.79 Å². The number of alkyl halides is 1. The van der Waals surface area contributed by atoms with E-state index in [9.17, 15) is 4.79 Å². The molecule has 0 unspecified atom stereocenters. The molecule has 9 heteroatoms.